The Labute approximate surface area is 177 Å². The average Bonchev–Trinajstić information content (AvgIpc) is 3.06. The molecule has 1 aliphatic heterocycles. The van der Waals surface area contributed by atoms with Crippen LogP contribution in [0.1, 0.15) is 43.5 Å². The monoisotopic (exact) mass is 435 g/mol. The van der Waals surface area contributed by atoms with Crippen LogP contribution in [0, 0.1) is 11.8 Å². The van der Waals surface area contributed by atoms with Crippen molar-refractivity contribution in [1.82, 2.24) is 19.7 Å². The summed E-state index contributed by atoms with van der Waals surface area (Å²) in [6, 6.07) is 3.01. The lowest BCUT2D eigenvalue weighted by Gasteiger charge is -2.37. The molecule has 0 aromatic carbocycles. The zero-order valence-electron chi connectivity index (χ0n) is 17.4. The number of nitrogens with zero attached hydrogens (tertiary/aromatic N) is 4. The Bertz CT molecular complexity index is 1050. The zero-order valence-corrected chi connectivity index (χ0v) is 17.4. The summed E-state index contributed by atoms with van der Waals surface area (Å²) < 4.78 is 47.6. The molecule has 7 nitrogen and oxygen atoms in total. The first-order valence-corrected chi connectivity index (χ1v) is 10.4. The topological polar surface area (TPSA) is 86.3 Å². The molecule has 2 N–H and O–H groups in total. The molecule has 2 aliphatic carbocycles. The summed E-state index contributed by atoms with van der Waals surface area (Å²) in [4.78, 5) is 17.5. The largest absolute Gasteiger partial charge is 0.419 e. The van der Waals surface area contributed by atoms with Gasteiger partial charge in [0.2, 0.25) is 5.91 Å². The Morgan fingerprint density at radius 2 is 2.03 bits per heavy atom. The Morgan fingerprint density at radius 3 is 2.71 bits per heavy atom. The van der Waals surface area contributed by atoms with Gasteiger partial charge in [0.25, 0.3) is 0 Å². The predicted molar refractivity (Wildman–Crippen MR) is 106 cm³/mol. The van der Waals surface area contributed by atoms with Crippen LogP contribution in [0.15, 0.2) is 18.3 Å². The summed E-state index contributed by atoms with van der Waals surface area (Å²) in [5.41, 5.74) is 6.20. The number of likely N-dealkylation sites (N-methyl/N-ethyl adjacent to an activating group) is 1. The van der Waals surface area contributed by atoms with Gasteiger partial charge in [0.05, 0.1) is 23.4 Å². The number of pyridine rings is 1. The number of ether oxygens (including phenoxy) is 1. The molecule has 166 valence electrons. The number of halogens is 3. The van der Waals surface area contributed by atoms with Crippen molar-refractivity contribution >= 4 is 11.7 Å². The van der Waals surface area contributed by atoms with Crippen molar-refractivity contribution < 1.29 is 22.7 Å². The van der Waals surface area contributed by atoms with Crippen LogP contribution in [0.25, 0.3) is 11.3 Å². The number of rotatable bonds is 3. The Kier molecular flexibility index (Phi) is 4.38. The average molecular weight is 435 g/mol. The molecule has 2 aromatic rings. The maximum Gasteiger partial charge on any atom is 0.419 e. The summed E-state index contributed by atoms with van der Waals surface area (Å²) in [6.07, 6.45) is -2.40. The molecule has 3 fully saturated rings. The first kappa shape index (κ1) is 20.3. The van der Waals surface area contributed by atoms with Crippen LogP contribution >= 0.6 is 0 Å². The number of aromatic nitrogens is 3. The number of anilines is 1. The Hall–Kier alpha value is -2.62. The Morgan fingerprint density at radius 1 is 1.29 bits per heavy atom. The summed E-state index contributed by atoms with van der Waals surface area (Å²) >= 11 is 0. The van der Waals surface area contributed by atoms with Gasteiger partial charge < -0.3 is 15.4 Å². The van der Waals surface area contributed by atoms with E-state index in [9.17, 15) is 18.0 Å². The molecule has 3 aliphatic rings. The quantitative estimate of drug-likeness (QED) is 0.801. The number of nitrogen functional groups attached to an aromatic ring is 1. The number of morpholine rings is 1. The van der Waals surface area contributed by atoms with Crippen molar-refractivity contribution in [2.24, 2.45) is 11.8 Å². The summed E-state index contributed by atoms with van der Waals surface area (Å²) in [5.74, 6) is 0.342. The molecule has 2 aromatic heterocycles. The van der Waals surface area contributed by atoms with Crippen molar-refractivity contribution in [2.75, 3.05) is 19.4 Å². The second-order valence-electron chi connectivity index (χ2n) is 9.00. The fraction of sp³-hybridized carbons (Fsp3) is 0.571. The van der Waals surface area contributed by atoms with E-state index in [0.717, 1.165) is 18.2 Å². The van der Waals surface area contributed by atoms with Crippen LogP contribution < -0.4 is 5.73 Å². The van der Waals surface area contributed by atoms with Gasteiger partial charge in [0, 0.05) is 36.5 Å². The lowest BCUT2D eigenvalue weighted by atomic mass is 9.99. The number of carbonyl (C=O) groups excluding carboxylic acids is 1. The summed E-state index contributed by atoms with van der Waals surface area (Å²) in [6.45, 7) is 4.08. The minimum atomic E-state index is -4.58. The van der Waals surface area contributed by atoms with Gasteiger partial charge in [-0.1, -0.05) is 0 Å². The van der Waals surface area contributed by atoms with Gasteiger partial charge in [0.15, 0.2) is 0 Å². The van der Waals surface area contributed by atoms with E-state index < -0.39 is 17.6 Å². The lowest BCUT2D eigenvalue weighted by Crippen LogP contribution is -2.51. The van der Waals surface area contributed by atoms with Gasteiger partial charge in [-0.15, -0.1) is 0 Å². The minimum Gasteiger partial charge on any atom is -0.383 e. The van der Waals surface area contributed by atoms with Crippen molar-refractivity contribution in [1.29, 1.82) is 0 Å². The third-order valence-electron chi connectivity index (χ3n) is 6.91. The smallest absolute Gasteiger partial charge is 0.383 e. The van der Waals surface area contributed by atoms with E-state index in [1.807, 2.05) is 31.6 Å². The third kappa shape index (κ3) is 3.10. The maximum absolute atomic E-state index is 13.3. The zero-order chi connectivity index (χ0) is 22.2. The number of alkyl halides is 3. The first-order valence-electron chi connectivity index (χ1n) is 10.4. The molecule has 0 spiro atoms. The molecule has 1 saturated heterocycles. The molecule has 0 bridgehead atoms. The molecule has 10 heteroatoms. The highest BCUT2D eigenvalue weighted by Gasteiger charge is 2.66. The van der Waals surface area contributed by atoms with Crippen molar-refractivity contribution in [3.63, 3.8) is 0 Å². The van der Waals surface area contributed by atoms with E-state index in [4.69, 9.17) is 10.5 Å². The normalized spacial score (nSPS) is 30.0. The molecule has 31 heavy (non-hydrogen) atoms. The van der Waals surface area contributed by atoms with E-state index in [0.29, 0.717) is 11.6 Å². The molecule has 5 atom stereocenters. The van der Waals surface area contributed by atoms with Crippen molar-refractivity contribution in [2.45, 2.75) is 50.6 Å². The predicted octanol–water partition coefficient (Wildman–Crippen LogP) is 3.09. The number of nitrogens with two attached hydrogens (primary N) is 1. The third-order valence-corrected chi connectivity index (χ3v) is 6.91. The van der Waals surface area contributed by atoms with Gasteiger partial charge in [-0.25, -0.2) is 4.98 Å². The highest BCUT2D eigenvalue weighted by atomic mass is 19.4. The van der Waals surface area contributed by atoms with Gasteiger partial charge >= 0.3 is 6.18 Å². The van der Waals surface area contributed by atoms with Gasteiger partial charge in [-0.2, -0.15) is 18.3 Å². The lowest BCUT2D eigenvalue weighted by molar-refractivity contribution is -0.154. The van der Waals surface area contributed by atoms with Gasteiger partial charge in [-0.3, -0.25) is 9.48 Å². The summed E-state index contributed by atoms with van der Waals surface area (Å²) in [7, 11) is 1.82. The standard InChI is InChI=1S/C21H24F3N5O2/c1-9(2)29-14(17-11-5-15-19(18(11)17)31-8-16(30)28(15)3)6-13(27-29)10-4-12(21(22,23)24)20(25)26-7-10/h4,6-7,9,11,15,17-19H,5,8H2,1-3H3,(H2,25,26)/t11-,15?,17+,18-,19?/m1/s1. The molecular weight excluding hydrogens is 411 g/mol. The molecule has 3 heterocycles. The highest BCUT2D eigenvalue weighted by molar-refractivity contribution is 5.78. The molecule has 0 radical (unpaired) electrons. The minimum absolute atomic E-state index is 0.00456. The SMILES string of the molecule is CC(C)n1nc(-c2cnc(N)c(C(F)(F)F)c2)cc1[C@@H]1[C@H]2CC3C(OCC(=O)N3C)[C@H]21. The number of fused-ring (bicyclic) bond motifs is 3. The number of hydrogen-bond acceptors (Lipinski definition) is 5. The second kappa shape index (κ2) is 6.69. The fourth-order valence-electron chi connectivity index (χ4n) is 5.35. The van der Waals surface area contributed by atoms with Crippen molar-refractivity contribution in [3.05, 3.63) is 29.6 Å². The summed E-state index contributed by atoms with van der Waals surface area (Å²) in [5, 5.41) is 4.62. The number of carbonyl (C=O) groups is 1. The van der Waals surface area contributed by atoms with E-state index in [1.165, 1.54) is 6.20 Å². The molecular formula is C21H24F3N5O2. The van der Waals surface area contributed by atoms with E-state index >= 15 is 0 Å². The Balaban J connectivity index is 1.47. The van der Waals surface area contributed by atoms with Crippen LogP contribution in [0.2, 0.25) is 0 Å². The van der Waals surface area contributed by atoms with Crippen LogP contribution in [-0.2, 0) is 15.7 Å². The highest BCUT2D eigenvalue weighted by Crippen LogP contribution is 2.65. The van der Waals surface area contributed by atoms with E-state index in [-0.39, 0.29) is 48.1 Å². The van der Waals surface area contributed by atoms with Crippen LogP contribution in [0.4, 0.5) is 19.0 Å². The second-order valence-corrected chi connectivity index (χ2v) is 9.00. The molecule has 5 rings (SSSR count). The van der Waals surface area contributed by atoms with Crippen LogP contribution in [0.3, 0.4) is 0 Å². The molecule has 2 unspecified atom stereocenters. The first-order chi connectivity index (χ1) is 14.6. The van der Waals surface area contributed by atoms with E-state index in [1.54, 1.807) is 4.90 Å². The number of amides is 1. The van der Waals surface area contributed by atoms with E-state index in [2.05, 4.69) is 10.1 Å². The molecule has 1 amide bonds. The van der Waals surface area contributed by atoms with Gasteiger partial charge in [-0.05, 0) is 44.2 Å². The fourth-order valence-corrected chi connectivity index (χ4v) is 5.35. The van der Waals surface area contributed by atoms with Crippen LogP contribution in [0.5, 0.6) is 0 Å². The number of hydrogen-bond donors (Lipinski definition) is 1. The maximum atomic E-state index is 13.3. The molecule has 2 saturated carbocycles. The van der Waals surface area contributed by atoms with Crippen LogP contribution in [-0.4, -0.2) is 51.4 Å². The van der Waals surface area contributed by atoms with Gasteiger partial charge in [0.1, 0.15) is 12.4 Å². The van der Waals surface area contributed by atoms with Crippen molar-refractivity contribution in [3.8, 4) is 11.3 Å².